The fraction of sp³-hybridized carbons (Fsp3) is 0.312. The van der Waals surface area contributed by atoms with Crippen molar-refractivity contribution in [3.8, 4) is 5.75 Å². The van der Waals surface area contributed by atoms with Crippen LogP contribution >= 0.6 is 0 Å². The third-order valence-corrected chi connectivity index (χ3v) is 3.21. The minimum Gasteiger partial charge on any atom is -0.487 e. The number of anilines is 1. The van der Waals surface area contributed by atoms with Gasteiger partial charge in [-0.2, -0.15) is 5.10 Å². The van der Waals surface area contributed by atoms with Crippen LogP contribution in [0.15, 0.2) is 36.9 Å². The maximum Gasteiger partial charge on any atom is 0.130 e. The molecule has 0 aliphatic carbocycles. The number of aryl methyl sites for hydroxylation is 2. The molecule has 0 radical (unpaired) electrons. The first kappa shape index (κ1) is 14.2. The summed E-state index contributed by atoms with van der Waals surface area (Å²) in [6.45, 7) is 6.35. The highest BCUT2D eigenvalue weighted by atomic mass is 16.5. The van der Waals surface area contributed by atoms with E-state index in [0.717, 1.165) is 41.2 Å². The second-order valence-electron chi connectivity index (χ2n) is 4.75. The number of hydrogen-bond acceptors (Lipinski definition) is 3. The van der Waals surface area contributed by atoms with Crippen molar-refractivity contribution in [3.05, 3.63) is 53.9 Å². The number of ether oxygens (including phenoxy) is 1. The highest BCUT2D eigenvalue weighted by Crippen LogP contribution is 2.23. The molecule has 0 aliphatic heterocycles. The van der Waals surface area contributed by atoms with E-state index >= 15 is 0 Å². The molecule has 2 rings (SSSR count). The van der Waals surface area contributed by atoms with Crippen LogP contribution in [0.4, 0.5) is 5.69 Å². The number of benzene rings is 1. The summed E-state index contributed by atoms with van der Waals surface area (Å²) in [6, 6.07) is 7.76. The molecule has 2 N–H and O–H groups in total. The Morgan fingerprint density at radius 2 is 2.20 bits per heavy atom. The molecular weight excluding hydrogens is 250 g/mol. The van der Waals surface area contributed by atoms with E-state index in [1.807, 2.05) is 36.0 Å². The highest BCUT2D eigenvalue weighted by Gasteiger charge is 2.07. The third-order valence-electron chi connectivity index (χ3n) is 3.21. The van der Waals surface area contributed by atoms with Gasteiger partial charge in [-0.05, 0) is 42.7 Å². The molecule has 0 amide bonds. The summed E-state index contributed by atoms with van der Waals surface area (Å²) in [6.07, 6.45) is 3.52. The quantitative estimate of drug-likeness (QED) is 0.649. The Morgan fingerprint density at radius 3 is 2.85 bits per heavy atom. The number of rotatable bonds is 6. The van der Waals surface area contributed by atoms with E-state index in [0.29, 0.717) is 6.61 Å². The maximum absolute atomic E-state index is 5.91. The van der Waals surface area contributed by atoms with Crippen molar-refractivity contribution < 1.29 is 4.74 Å². The summed E-state index contributed by atoms with van der Waals surface area (Å²) in [5, 5.41) is 4.41. The second kappa shape index (κ2) is 6.28. The number of nitrogens with two attached hydrogens (primary N) is 1. The third kappa shape index (κ3) is 3.20. The van der Waals surface area contributed by atoms with Crippen molar-refractivity contribution in [2.24, 2.45) is 7.05 Å². The molecule has 4 nitrogen and oxygen atoms in total. The van der Waals surface area contributed by atoms with E-state index < -0.39 is 0 Å². The molecule has 0 unspecified atom stereocenters. The van der Waals surface area contributed by atoms with E-state index in [1.165, 1.54) is 0 Å². The van der Waals surface area contributed by atoms with Crippen LogP contribution < -0.4 is 10.5 Å². The van der Waals surface area contributed by atoms with Gasteiger partial charge in [0.05, 0.1) is 11.4 Å². The Labute approximate surface area is 119 Å². The lowest BCUT2D eigenvalue weighted by Crippen LogP contribution is -2.04. The largest absolute Gasteiger partial charge is 0.487 e. The van der Waals surface area contributed by atoms with E-state index in [1.54, 1.807) is 0 Å². The van der Waals surface area contributed by atoms with E-state index in [4.69, 9.17) is 10.5 Å². The van der Waals surface area contributed by atoms with Gasteiger partial charge in [-0.25, -0.2) is 0 Å². The first-order valence-electron chi connectivity index (χ1n) is 6.78. The Kier molecular flexibility index (Phi) is 4.45. The predicted molar refractivity (Wildman–Crippen MR) is 81.7 cm³/mol. The minimum absolute atomic E-state index is 0.498. The number of aromatic nitrogens is 2. The molecule has 0 fully saturated rings. The summed E-state index contributed by atoms with van der Waals surface area (Å²) >= 11 is 0. The standard InChI is InChI=1S/C16H21N3O/c1-4-6-12-9-13(17)7-8-16(12)20-11-15-10-14(5-2)18-19(15)3/h4,7-10H,1,5-6,11,17H2,2-3H3. The molecule has 0 spiro atoms. The normalized spacial score (nSPS) is 10.5. The van der Waals surface area contributed by atoms with Crippen LogP contribution in [-0.4, -0.2) is 9.78 Å². The van der Waals surface area contributed by atoms with Crippen LogP contribution in [0.25, 0.3) is 0 Å². The summed E-state index contributed by atoms with van der Waals surface area (Å²) in [4.78, 5) is 0. The van der Waals surface area contributed by atoms with Crippen LogP contribution in [-0.2, 0) is 26.5 Å². The van der Waals surface area contributed by atoms with Crippen molar-refractivity contribution in [1.82, 2.24) is 9.78 Å². The minimum atomic E-state index is 0.498. The van der Waals surface area contributed by atoms with Gasteiger partial charge in [0.25, 0.3) is 0 Å². The predicted octanol–water partition coefficient (Wildman–Crippen LogP) is 2.87. The van der Waals surface area contributed by atoms with Gasteiger partial charge in [-0.1, -0.05) is 13.0 Å². The van der Waals surface area contributed by atoms with Gasteiger partial charge in [0, 0.05) is 12.7 Å². The van der Waals surface area contributed by atoms with E-state index in [9.17, 15) is 0 Å². The van der Waals surface area contributed by atoms with Gasteiger partial charge in [0.1, 0.15) is 12.4 Å². The highest BCUT2D eigenvalue weighted by molar-refractivity contribution is 5.48. The average molecular weight is 271 g/mol. The molecule has 1 aromatic carbocycles. The van der Waals surface area contributed by atoms with Crippen molar-refractivity contribution in [3.63, 3.8) is 0 Å². The average Bonchev–Trinajstić information content (AvgIpc) is 2.79. The second-order valence-corrected chi connectivity index (χ2v) is 4.75. The van der Waals surface area contributed by atoms with Crippen LogP contribution in [0.3, 0.4) is 0 Å². The fourth-order valence-corrected chi connectivity index (χ4v) is 2.09. The van der Waals surface area contributed by atoms with Gasteiger partial charge >= 0.3 is 0 Å². The number of nitrogen functional groups attached to an aromatic ring is 1. The Morgan fingerprint density at radius 1 is 1.40 bits per heavy atom. The number of nitrogens with zero attached hydrogens (tertiary/aromatic N) is 2. The molecule has 1 aromatic heterocycles. The Hall–Kier alpha value is -2.23. The molecule has 106 valence electrons. The van der Waals surface area contributed by atoms with Crippen molar-refractivity contribution in [2.75, 3.05) is 5.73 Å². The lowest BCUT2D eigenvalue weighted by molar-refractivity contribution is 0.292. The molecule has 1 heterocycles. The summed E-state index contributed by atoms with van der Waals surface area (Å²) in [5.74, 6) is 0.846. The maximum atomic E-state index is 5.91. The van der Waals surface area contributed by atoms with Crippen molar-refractivity contribution >= 4 is 5.69 Å². The van der Waals surface area contributed by atoms with Gasteiger partial charge in [0.15, 0.2) is 0 Å². The van der Waals surface area contributed by atoms with Gasteiger partial charge in [-0.15, -0.1) is 6.58 Å². The SMILES string of the molecule is C=CCc1cc(N)ccc1OCc1cc(CC)nn1C. The lowest BCUT2D eigenvalue weighted by atomic mass is 10.1. The number of allylic oxidation sites excluding steroid dienone is 1. The van der Waals surface area contributed by atoms with Gasteiger partial charge < -0.3 is 10.5 Å². The number of hydrogen-bond donors (Lipinski definition) is 1. The summed E-state index contributed by atoms with van der Waals surface area (Å²) < 4.78 is 7.77. The zero-order chi connectivity index (χ0) is 14.5. The Bertz CT molecular complexity index is 602. The fourth-order valence-electron chi connectivity index (χ4n) is 2.09. The summed E-state index contributed by atoms with van der Waals surface area (Å²) in [5.41, 5.74) is 9.74. The van der Waals surface area contributed by atoms with E-state index in [-0.39, 0.29) is 0 Å². The molecule has 0 bridgehead atoms. The molecule has 4 heteroatoms. The smallest absolute Gasteiger partial charge is 0.130 e. The zero-order valence-electron chi connectivity index (χ0n) is 12.1. The van der Waals surface area contributed by atoms with Crippen LogP contribution in [0.1, 0.15) is 23.9 Å². The van der Waals surface area contributed by atoms with Crippen LogP contribution in [0, 0.1) is 0 Å². The van der Waals surface area contributed by atoms with Crippen molar-refractivity contribution in [1.29, 1.82) is 0 Å². The molecule has 0 aliphatic rings. The topological polar surface area (TPSA) is 53.1 Å². The van der Waals surface area contributed by atoms with Crippen LogP contribution in [0.5, 0.6) is 5.75 Å². The van der Waals surface area contributed by atoms with Crippen LogP contribution in [0.2, 0.25) is 0 Å². The van der Waals surface area contributed by atoms with Gasteiger partial charge in [0.2, 0.25) is 0 Å². The lowest BCUT2D eigenvalue weighted by Gasteiger charge is -2.11. The molecular formula is C16H21N3O. The Balaban J connectivity index is 2.13. The molecule has 20 heavy (non-hydrogen) atoms. The van der Waals surface area contributed by atoms with Crippen molar-refractivity contribution in [2.45, 2.75) is 26.4 Å². The first-order valence-corrected chi connectivity index (χ1v) is 6.78. The zero-order valence-corrected chi connectivity index (χ0v) is 12.1. The van der Waals surface area contributed by atoms with E-state index in [2.05, 4.69) is 24.7 Å². The molecule has 0 saturated carbocycles. The van der Waals surface area contributed by atoms with Gasteiger partial charge in [-0.3, -0.25) is 4.68 Å². The monoisotopic (exact) mass is 271 g/mol. The molecule has 0 saturated heterocycles. The first-order chi connectivity index (χ1) is 9.63. The molecule has 2 aromatic rings. The summed E-state index contributed by atoms with van der Waals surface area (Å²) in [7, 11) is 1.94. The molecule has 0 atom stereocenters.